The summed E-state index contributed by atoms with van der Waals surface area (Å²) in [6.07, 6.45) is 2.33. The number of hydrogen-bond donors (Lipinski definition) is 1. The Bertz CT molecular complexity index is 1280. The van der Waals surface area contributed by atoms with Crippen molar-refractivity contribution >= 4 is 34.7 Å². The van der Waals surface area contributed by atoms with Crippen molar-refractivity contribution in [3.05, 3.63) is 76.0 Å². The van der Waals surface area contributed by atoms with Crippen LogP contribution in [0.25, 0.3) is 11.4 Å². The molecule has 1 fully saturated rings. The molecule has 1 aliphatic rings. The summed E-state index contributed by atoms with van der Waals surface area (Å²) in [6.45, 7) is 2.01. The Morgan fingerprint density at radius 3 is 2.73 bits per heavy atom. The molecule has 6 nitrogen and oxygen atoms in total. The van der Waals surface area contributed by atoms with Crippen molar-refractivity contribution in [1.82, 2.24) is 19.7 Å². The number of amides is 1. The van der Waals surface area contributed by atoms with E-state index in [0.717, 1.165) is 40.0 Å². The van der Waals surface area contributed by atoms with E-state index in [4.69, 9.17) is 0 Å². The van der Waals surface area contributed by atoms with Crippen LogP contribution in [0.3, 0.4) is 0 Å². The summed E-state index contributed by atoms with van der Waals surface area (Å²) in [5.74, 6) is 0.801. The third-order valence-corrected chi connectivity index (χ3v) is 7.16. The third-order valence-electron chi connectivity index (χ3n) is 5.29. The lowest BCUT2D eigenvalue weighted by molar-refractivity contribution is -0.115. The van der Waals surface area contributed by atoms with Gasteiger partial charge in [0.2, 0.25) is 5.91 Å². The van der Waals surface area contributed by atoms with E-state index >= 15 is 0 Å². The van der Waals surface area contributed by atoms with E-state index < -0.39 is 0 Å². The second kappa shape index (κ2) is 9.44. The molecule has 1 aliphatic carbocycles. The minimum absolute atomic E-state index is 0.0876. The number of rotatable bonds is 8. The molecular weight excluding hydrogens is 457 g/mol. The minimum atomic E-state index is -0.295. The number of hydrogen-bond acceptors (Lipinski definition) is 6. The number of benzene rings is 2. The van der Waals surface area contributed by atoms with Crippen LogP contribution in [0.4, 0.5) is 10.1 Å². The van der Waals surface area contributed by atoms with Gasteiger partial charge in [-0.1, -0.05) is 41.6 Å². The molecule has 2 heterocycles. The molecule has 4 aromatic rings. The SMILES string of the molecule is Cc1ccc(NC(=O)Cc2nc(CSc3nnc(-c4ccccc4F)n3C3CC3)cs2)cc1. The highest BCUT2D eigenvalue weighted by atomic mass is 32.2. The Balaban J connectivity index is 1.23. The summed E-state index contributed by atoms with van der Waals surface area (Å²) < 4.78 is 16.4. The highest BCUT2D eigenvalue weighted by Crippen LogP contribution is 2.41. The van der Waals surface area contributed by atoms with Crippen molar-refractivity contribution in [2.24, 2.45) is 0 Å². The van der Waals surface area contributed by atoms with E-state index in [1.54, 1.807) is 12.1 Å². The molecular formula is C24H22FN5OS2. The highest BCUT2D eigenvalue weighted by Gasteiger charge is 2.31. The maximum Gasteiger partial charge on any atom is 0.231 e. The van der Waals surface area contributed by atoms with Gasteiger partial charge in [-0.3, -0.25) is 9.36 Å². The average molecular weight is 480 g/mol. The quantitative estimate of drug-likeness (QED) is 0.330. The Morgan fingerprint density at radius 2 is 1.97 bits per heavy atom. The fourth-order valence-corrected chi connectivity index (χ4v) is 5.27. The summed E-state index contributed by atoms with van der Waals surface area (Å²) in [5.41, 5.74) is 3.29. The zero-order valence-electron chi connectivity index (χ0n) is 18.0. The maximum atomic E-state index is 14.3. The van der Waals surface area contributed by atoms with E-state index in [1.165, 1.54) is 29.2 Å². The fourth-order valence-electron chi connectivity index (χ4n) is 3.48. The second-order valence-electron chi connectivity index (χ2n) is 8.00. The van der Waals surface area contributed by atoms with Crippen LogP contribution in [-0.4, -0.2) is 25.7 Å². The molecule has 0 atom stereocenters. The molecule has 0 aliphatic heterocycles. The zero-order chi connectivity index (χ0) is 22.8. The number of nitrogens with one attached hydrogen (secondary N) is 1. The van der Waals surface area contributed by atoms with Gasteiger partial charge < -0.3 is 5.32 Å². The second-order valence-corrected chi connectivity index (χ2v) is 9.88. The lowest BCUT2D eigenvalue weighted by Crippen LogP contribution is -2.14. The number of carbonyl (C=O) groups excluding carboxylic acids is 1. The van der Waals surface area contributed by atoms with Gasteiger partial charge in [0.15, 0.2) is 11.0 Å². The van der Waals surface area contributed by atoms with Crippen LogP contribution in [0.2, 0.25) is 0 Å². The first-order chi connectivity index (χ1) is 16.1. The van der Waals surface area contributed by atoms with Crippen LogP contribution in [-0.2, 0) is 17.0 Å². The van der Waals surface area contributed by atoms with E-state index in [0.29, 0.717) is 23.2 Å². The first-order valence-electron chi connectivity index (χ1n) is 10.7. The van der Waals surface area contributed by atoms with Gasteiger partial charge in [0.1, 0.15) is 10.8 Å². The van der Waals surface area contributed by atoms with Crippen molar-refractivity contribution in [3.63, 3.8) is 0 Å². The normalized spacial score (nSPS) is 13.3. The fraction of sp³-hybridized carbons (Fsp3) is 0.250. The lowest BCUT2D eigenvalue weighted by atomic mass is 10.2. The van der Waals surface area contributed by atoms with E-state index in [1.807, 2.05) is 47.2 Å². The Labute approximate surface area is 199 Å². The van der Waals surface area contributed by atoms with Gasteiger partial charge in [0.25, 0.3) is 0 Å². The van der Waals surface area contributed by atoms with Gasteiger partial charge in [-0.25, -0.2) is 9.37 Å². The van der Waals surface area contributed by atoms with Gasteiger partial charge >= 0.3 is 0 Å². The van der Waals surface area contributed by atoms with Crippen LogP contribution in [0.5, 0.6) is 0 Å². The molecule has 1 N–H and O–H groups in total. The number of thioether (sulfide) groups is 1. The molecule has 1 amide bonds. The average Bonchev–Trinajstić information content (AvgIpc) is 3.40. The molecule has 9 heteroatoms. The smallest absolute Gasteiger partial charge is 0.231 e. The van der Waals surface area contributed by atoms with E-state index in [2.05, 4.69) is 20.5 Å². The van der Waals surface area contributed by atoms with Crippen molar-refractivity contribution in [2.45, 2.75) is 43.1 Å². The largest absolute Gasteiger partial charge is 0.326 e. The summed E-state index contributed by atoms with van der Waals surface area (Å²) >= 11 is 3.01. The summed E-state index contributed by atoms with van der Waals surface area (Å²) in [6, 6.07) is 14.7. The monoisotopic (exact) mass is 479 g/mol. The summed E-state index contributed by atoms with van der Waals surface area (Å²) in [5, 5.41) is 15.0. The third kappa shape index (κ3) is 5.15. The van der Waals surface area contributed by atoms with Gasteiger partial charge in [-0.05, 0) is 44.0 Å². The summed E-state index contributed by atoms with van der Waals surface area (Å²) in [4.78, 5) is 17.0. The summed E-state index contributed by atoms with van der Waals surface area (Å²) in [7, 11) is 0. The zero-order valence-corrected chi connectivity index (χ0v) is 19.6. The van der Waals surface area contributed by atoms with Crippen LogP contribution in [0.15, 0.2) is 59.1 Å². The molecule has 0 unspecified atom stereocenters. The van der Waals surface area contributed by atoms with Crippen LogP contribution >= 0.6 is 23.1 Å². The molecule has 2 aromatic heterocycles. The number of nitrogens with zero attached hydrogens (tertiary/aromatic N) is 4. The van der Waals surface area contributed by atoms with Crippen molar-refractivity contribution in [1.29, 1.82) is 0 Å². The Hall–Kier alpha value is -3.04. The molecule has 0 bridgehead atoms. The molecule has 0 spiro atoms. The molecule has 33 heavy (non-hydrogen) atoms. The number of aryl methyl sites for hydroxylation is 1. The molecule has 2 aromatic carbocycles. The van der Waals surface area contributed by atoms with Gasteiger partial charge in [-0.15, -0.1) is 21.5 Å². The van der Waals surface area contributed by atoms with Crippen LogP contribution < -0.4 is 5.32 Å². The van der Waals surface area contributed by atoms with Gasteiger partial charge in [0.05, 0.1) is 17.7 Å². The molecule has 1 saturated carbocycles. The Morgan fingerprint density at radius 1 is 1.18 bits per heavy atom. The van der Waals surface area contributed by atoms with Crippen molar-refractivity contribution in [2.75, 3.05) is 5.32 Å². The number of carbonyl (C=O) groups is 1. The predicted molar refractivity (Wildman–Crippen MR) is 129 cm³/mol. The first kappa shape index (κ1) is 21.8. The van der Waals surface area contributed by atoms with Crippen LogP contribution in [0.1, 0.15) is 35.1 Å². The molecule has 0 radical (unpaired) electrons. The molecule has 168 valence electrons. The van der Waals surface area contributed by atoms with E-state index in [9.17, 15) is 9.18 Å². The van der Waals surface area contributed by atoms with Crippen molar-refractivity contribution < 1.29 is 9.18 Å². The highest BCUT2D eigenvalue weighted by molar-refractivity contribution is 7.98. The molecule has 0 saturated heterocycles. The predicted octanol–water partition coefficient (Wildman–Crippen LogP) is 5.66. The van der Waals surface area contributed by atoms with Gasteiger partial charge in [-0.2, -0.15) is 0 Å². The van der Waals surface area contributed by atoms with Gasteiger partial charge in [0, 0.05) is 22.9 Å². The first-order valence-corrected chi connectivity index (χ1v) is 12.6. The number of halogens is 1. The number of anilines is 1. The minimum Gasteiger partial charge on any atom is -0.326 e. The standard InChI is InChI=1S/C24H22FN5OS2/c1-15-6-8-16(9-7-15)26-21(31)12-22-27-17(13-32-22)14-33-24-29-28-23(30(24)18-10-11-18)19-4-2-3-5-20(19)25/h2-9,13,18H,10-12,14H2,1H3,(H,26,31). The topological polar surface area (TPSA) is 72.7 Å². The Kier molecular flexibility index (Phi) is 6.24. The number of aromatic nitrogens is 4. The lowest BCUT2D eigenvalue weighted by Gasteiger charge is -2.09. The maximum absolute atomic E-state index is 14.3. The van der Waals surface area contributed by atoms with Crippen molar-refractivity contribution in [3.8, 4) is 11.4 Å². The molecule has 5 rings (SSSR count). The number of thiazole rings is 1. The van der Waals surface area contributed by atoms with E-state index in [-0.39, 0.29) is 18.1 Å². The van der Waals surface area contributed by atoms with Crippen LogP contribution in [0, 0.1) is 12.7 Å².